The van der Waals surface area contributed by atoms with Crippen LogP contribution >= 0.6 is 0 Å². The van der Waals surface area contributed by atoms with E-state index in [9.17, 15) is 9.59 Å². The van der Waals surface area contributed by atoms with Gasteiger partial charge in [0.25, 0.3) is 11.8 Å². The van der Waals surface area contributed by atoms with Crippen molar-refractivity contribution >= 4 is 11.8 Å². The summed E-state index contributed by atoms with van der Waals surface area (Å²) in [7, 11) is 0. The van der Waals surface area contributed by atoms with E-state index >= 15 is 0 Å². The summed E-state index contributed by atoms with van der Waals surface area (Å²) in [4.78, 5) is 26.3. The molecule has 2 aromatic carbocycles. The Morgan fingerprint density at radius 2 is 1.59 bits per heavy atom. The number of carbonyl (C=O) groups is 2. The fraction of sp³-hybridized carbons (Fsp3) is 0.222. The SMILES string of the molecule is O=C1c2ccccc2C(=O)N1C[C@@H]1NCCc2ccccc21. The van der Waals surface area contributed by atoms with Crippen LogP contribution in [0, 0.1) is 0 Å². The summed E-state index contributed by atoms with van der Waals surface area (Å²) in [5.41, 5.74) is 3.50. The Morgan fingerprint density at radius 1 is 0.955 bits per heavy atom. The van der Waals surface area contributed by atoms with Gasteiger partial charge >= 0.3 is 0 Å². The van der Waals surface area contributed by atoms with E-state index in [1.165, 1.54) is 16.0 Å². The first-order valence-corrected chi connectivity index (χ1v) is 7.52. The lowest BCUT2D eigenvalue weighted by Gasteiger charge is -2.29. The summed E-state index contributed by atoms with van der Waals surface area (Å²) in [5, 5.41) is 3.42. The number of fused-ring (bicyclic) bond motifs is 2. The van der Waals surface area contributed by atoms with Crippen LogP contribution in [0.4, 0.5) is 0 Å². The molecule has 2 aromatic rings. The number of nitrogens with zero attached hydrogens (tertiary/aromatic N) is 1. The average Bonchev–Trinajstić information content (AvgIpc) is 2.81. The van der Waals surface area contributed by atoms with Gasteiger partial charge in [-0.1, -0.05) is 36.4 Å². The van der Waals surface area contributed by atoms with Crippen LogP contribution in [0.5, 0.6) is 0 Å². The Kier molecular flexibility index (Phi) is 3.05. The molecule has 4 heteroatoms. The van der Waals surface area contributed by atoms with Crippen molar-refractivity contribution in [3.63, 3.8) is 0 Å². The van der Waals surface area contributed by atoms with Crippen LogP contribution in [0.2, 0.25) is 0 Å². The number of amides is 2. The Morgan fingerprint density at radius 3 is 2.32 bits per heavy atom. The number of hydrogen-bond acceptors (Lipinski definition) is 3. The third-order valence-electron chi connectivity index (χ3n) is 4.46. The largest absolute Gasteiger partial charge is 0.308 e. The van der Waals surface area contributed by atoms with Crippen LogP contribution in [0.25, 0.3) is 0 Å². The molecular weight excluding hydrogens is 276 g/mol. The fourth-order valence-corrected chi connectivity index (χ4v) is 3.34. The van der Waals surface area contributed by atoms with E-state index < -0.39 is 0 Å². The molecule has 1 atom stereocenters. The normalized spacial score (nSPS) is 20.0. The maximum atomic E-state index is 12.5. The topological polar surface area (TPSA) is 49.4 Å². The van der Waals surface area contributed by atoms with Crippen molar-refractivity contribution in [2.75, 3.05) is 13.1 Å². The van der Waals surface area contributed by atoms with Crippen molar-refractivity contribution in [1.82, 2.24) is 10.2 Å². The number of carbonyl (C=O) groups excluding carboxylic acids is 2. The molecule has 0 unspecified atom stereocenters. The molecule has 22 heavy (non-hydrogen) atoms. The number of nitrogens with one attached hydrogen (secondary N) is 1. The maximum Gasteiger partial charge on any atom is 0.261 e. The van der Waals surface area contributed by atoms with Crippen molar-refractivity contribution in [3.8, 4) is 0 Å². The van der Waals surface area contributed by atoms with Crippen molar-refractivity contribution in [2.24, 2.45) is 0 Å². The third-order valence-corrected chi connectivity index (χ3v) is 4.46. The van der Waals surface area contributed by atoms with Gasteiger partial charge in [0.15, 0.2) is 0 Å². The lowest BCUT2D eigenvalue weighted by atomic mass is 9.94. The summed E-state index contributed by atoms with van der Waals surface area (Å²) in [6.07, 6.45) is 0.981. The lowest BCUT2D eigenvalue weighted by Crippen LogP contribution is -2.41. The van der Waals surface area contributed by atoms with E-state index in [-0.39, 0.29) is 17.9 Å². The molecule has 1 N–H and O–H groups in total. The van der Waals surface area contributed by atoms with E-state index in [2.05, 4.69) is 17.4 Å². The van der Waals surface area contributed by atoms with Gasteiger partial charge in [0.2, 0.25) is 0 Å². The van der Waals surface area contributed by atoms with Crippen molar-refractivity contribution in [3.05, 3.63) is 70.8 Å². The monoisotopic (exact) mass is 292 g/mol. The number of rotatable bonds is 2. The molecular formula is C18H16N2O2. The van der Waals surface area contributed by atoms with E-state index in [4.69, 9.17) is 0 Å². The van der Waals surface area contributed by atoms with Gasteiger partial charge in [0.1, 0.15) is 0 Å². The second-order valence-corrected chi connectivity index (χ2v) is 5.72. The van der Waals surface area contributed by atoms with Gasteiger partial charge in [-0.25, -0.2) is 0 Å². The Labute approximate surface area is 128 Å². The summed E-state index contributed by atoms with van der Waals surface area (Å²) >= 11 is 0. The van der Waals surface area contributed by atoms with E-state index in [0.29, 0.717) is 17.7 Å². The van der Waals surface area contributed by atoms with Gasteiger partial charge in [-0.3, -0.25) is 14.5 Å². The van der Waals surface area contributed by atoms with Crippen molar-refractivity contribution in [1.29, 1.82) is 0 Å². The highest BCUT2D eigenvalue weighted by Crippen LogP contribution is 2.28. The average molecular weight is 292 g/mol. The molecule has 0 aliphatic carbocycles. The zero-order chi connectivity index (χ0) is 15.1. The van der Waals surface area contributed by atoms with Crippen LogP contribution in [0.3, 0.4) is 0 Å². The standard InChI is InChI=1S/C18H16N2O2/c21-17-14-7-3-4-8-15(14)18(22)20(17)11-16-13-6-2-1-5-12(13)9-10-19-16/h1-8,16,19H,9-11H2/t16-/m0/s1. The zero-order valence-corrected chi connectivity index (χ0v) is 12.1. The van der Waals surface area contributed by atoms with Gasteiger partial charge in [0, 0.05) is 6.54 Å². The molecule has 4 nitrogen and oxygen atoms in total. The maximum absolute atomic E-state index is 12.5. The third kappa shape index (κ3) is 1.96. The minimum absolute atomic E-state index is 0.00663. The molecule has 110 valence electrons. The molecule has 2 aliphatic heterocycles. The highest BCUT2D eigenvalue weighted by Gasteiger charge is 2.37. The predicted octanol–water partition coefficient (Wildman–Crippen LogP) is 2.17. The molecule has 2 aliphatic rings. The second kappa shape index (κ2) is 5.07. The summed E-state index contributed by atoms with van der Waals surface area (Å²) in [6, 6.07) is 15.3. The summed E-state index contributed by atoms with van der Waals surface area (Å²) < 4.78 is 0. The first-order valence-electron chi connectivity index (χ1n) is 7.52. The van der Waals surface area contributed by atoms with Crippen LogP contribution in [0.1, 0.15) is 37.9 Å². The van der Waals surface area contributed by atoms with Crippen LogP contribution < -0.4 is 5.32 Å². The molecule has 2 heterocycles. The van der Waals surface area contributed by atoms with Gasteiger partial charge < -0.3 is 5.32 Å². The van der Waals surface area contributed by atoms with E-state index in [1.807, 2.05) is 12.1 Å². The molecule has 0 aromatic heterocycles. The molecule has 0 spiro atoms. The fourth-order valence-electron chi connectivity index (χ4n) is 3.34. The molecule has 0 radical (unpaired) electrons. The Balaban J connectivity index is 1.64. The highest BCUT2D eigenvalue weighted by molar-refractivity contribution is 6.21. The van der Waals surface area contributed by atoms with Crippen LogP contribution in [0.15, 0.2) is 48.5 Å². The Hall–Kier alpha value is -2.46. The van der Waals surface area contributed by atoms with Gasteiger partial charge in [-0.2, -0.15) is 0 Å². The summed E-state index contributed by atoms with van der Waals surface area (Å²) in [5.74, 6) is -0.379. The number of imide groups is 1. The number of benzene rings is 2. The van der Waals surface area contributed by atoms with Crippen molar-refractivity contribution < 1.29 is 9.59 Å². The number of hydrogen-bond donors (Lipinski definition) is 1. The summed E-state index contributed by atoms with van der Waals surface area (Å²) in [6.45, 7) is 1.24. The predicted molar refractivity (Wildman–Crippen MR) is 82.7 cm³/mol. The second-order valence-electron chi connectivity index (χ2n) is 5.72. The first kappa shape index (κ1) is 13.2. The van der Waals surface area contributed by atoms with Crippen molar-refractivity contribution in [2.45, 2.75) is 12.5 Å². The van der Waals surface area contributed by atoms with Gasteiger partial charge in [-0.05, 0) is 36.2 Å². The Bertz CT molecular complexity index is 734. The van der Waals surface area contributed by atoms with Crippen LogP contribution in [-0.2, 0) is 6.42 Å². The molecule has 0 fully saturated rings. The minimum Gasteiger partial charge on any atom is -0.308 e. The highest BCUT2D eigenvalue weighted by atomic mass is 16.2. The molecule has 2 amide bonds. The van der Waals surface area contributed by atoms with Gasteiger partial charge in [-0.15, -0.1) is 0 Å². The smallest absolute Gasteiger partial charge is 0.261 e. The van der Waals surface area contributed by atoms with E-state index in [0.717, 1.165) is 13.0 Å². The molecule has 0 saturated carbocycles. The first-order chi connectivity index (χ1) is 10.8. The molecule has 0 bridgehead atoms. The molecule has 0 saturated heterocycles. The minimum atomic E-state index is -0.189. The quantitative estimate of drug-likeness (QED) is 0.863. The van der Waals surface area contributed by atoms with Gasteiger partial charge in [0.05, 0.1) is 17.2 Å². The zero-order valence-electron chi connectivity index (χ0n) is 12.1. The lowest BCUT2D eigenvalue weighted by molar-refractivity contribution is 0.0637. The van der Waals surface area contributed by atoms with E-state index in [1.54, 1.807) is 24.3 Å². The van der Waals surface area contributed by atoms with Crippen LogP contribution in [-0.4, -0.2) is 29.8 Å². The molecule has 4 rings (SSSR count).